The Labute approximate surface area is 193 Å². The topological polar surface area (TPSA) is 83.9 Å². The fraction of sp³-hybridized carbons (Fsp3) is 0.583. The molecule has 1 saturated heterocycles. The fourth-order valence-electron chi connectivity index (χ4n) is 4.54. The molecule has 7 nitrogen and oxygen atoms in total. The van der Waals surface area contributed by atoms with Crippen molar-refractivity contribution in [1.82, 2.24) is 15.2 Å². The highest BCUT2D eigenvalue weighted by molar-refractivity contribution is 7.12. The van der Waals surface area contributed by atoms with Crippen LogP contribution in [0.25, 0.3) is 0 Å². The Balaban J connectivity index is 1.28. The van der Waals surface area contributed by atoms with Gasteiger partial charge in [-0.15, -0.1) is 11.3 Å². The van der Waals surface area contributed by atoms with Crippen LogP contribution in [0.1, 0.15) is 51.1 Å². The molecule has 1 spiro atoms. The number of nitrogens with zero attached hydrogens (tertiary/aromatic N) is 2. The smallest absolute Gasteiger partial charge is 0.269 e. The number of aromatic nitrogens is 1. The van der Waals surface area contributed by atoms with Crippen molar-refractivity contribution in [3.8, 4) is 0 Å². The van der Waals surface area contributed by atoms with E-state index in [4.69, 9.17) is 14.6 Å². The average Bonchev–Trinajstić information content (AvgIpc) is 3.26. The van der Waals surface area contributed by atoms with Crippen molar-refractivity contribution in [2.24, 2.45) is 0 Å². The third-order valence-electron chi connectivity index (χ3n) is 6.30. The molecule has 0 unspecified atom stereocenters. The maximum atomic E-state index is 12.2. The van der Waals surface area contributed by atoms with Crippen LogP contribution in [0.15, 0.2) is 24.4 Å². The monoisotopic (exact) mass is 459 g/mol. The third-order valence-corrected chi connectivity index (χ3v) is 7.64. The van der Waals surface area contributed by atoms with Crippen LogP contribution in [0.3, 0.4) is 0 Å². The predicted molar refractivity (Wildman–Crippen MR) is 124 cm³/mol. The standard InChI is InChI=1S/C24H33N3O4S/c1-2-19-15-20-22(32-19)5-12-31-24(20)6-9-27(10-7-24)17-18-3-4-21(26-16-18)23(29)25-8-13-30-14-11-28/h3-4,15-16,28H,2,5-14,17H2,1H3,(H,25,29). The maximum Gasteiger partial charge on any atom is 0.269 e. The van der Waals surface area contributed by atoms with Crippen molar-refractivity contribution in [2.75, 3.05) is 46.1 Å². The number of rotatable bonds is 9. The SMILES string of the molecule is CCc1cc2c(s1)CCOC21CCN(Cc2ccc(C(=O)NCCOCCO)nc2)CC1. The van der Waals surface area contributed by atoms with Gasteiger partial charge in [-0.1, -0.05) is 13.0 Å². The van der Waals surface area contributed by atoms with E-state index < -0.39 is 0 Å². The number of fused-ring (bicyclic) bond motifs is 2. The van der Waals surface area contributed by atoms with Gasteiger partial charge in [0.2, 0.25) is 0 Å². The summed E-state index contributed by atoms with van der Waals surface area (Å²) in [5, 5.41) is 11.5. The van der Waals surface area contributed by atoms with Gasteiger partial charge in [0.05, 0.1) is 32.0 Å². The number of hydrogen-bond acceptors (Lipinski definition) is 7. The van der Waals surface area contributed by atoms with Crippen LogP contribution < -0.4 is 5.32 Å². The van der Waals surface area contributed by atoms with Crippen molar-refractivity contribution in [1.29, 1.82) is 0 Å². The van der Waals surface area contributed by atoms with Crippen LogP contribution in [0.5, 0.6) is 0 Å². The second kappa shape index (κ2) is 10.9. The molecule has 2 aliphatic rings. The number of piperidine rings is 1. The third kappa shape index (κ3) is 5.38. The van der Waals surface area contributed by atoms with Crippen LogP contribution in [-0.2, 0) is 34.5 Å². The highest BCUT2D eigenvalue weighted by Gasteiger charge is 2.41. The van der Waals surface area contributed by atoms with Gasteiger partial charge in [0.25, 0.3) is 5.91 Å². The molecule has 2 N–H and O–H groups in total. The minimum absolute atomic E-state index is 0.0171. The molecule has 2 aromatic rings. The van der Waals surface area contributed by atoms with E-state index in [0.29, 0.717) is 18.8 Å². The maximum absolute atomic E-state index is 12.2. The van der Waals surface area contributed by atoms with E-state index in [1.165, 1.54) is 15.3 Å². The van der Waals surface area contributed by atoms with Gasteiger partial charge in [0.15, 0.2) is 0 Å². The zero-order chi connectivity index (χ0) is 22.4. The van der Waals surface area contributed by atoms with Gasteiger partial charge in [-0.05, 0) is 42.5 Å². The first-order valence-electron chi connectivity index (χ1n) is 11.5. The number of aliphatic hydroxyl groups is 1. The molecule has 2 aromatic heterocycles. The first kappa shape index (κ1) is 23.3. The molecule has 0 saturated carbocycles. The summed E-state index contributed by atoms with van der Waals surface area (Å²) in [6.07, 6.45) is 5.98. The molecule has 0 radical (unpaired) electrons. The molecule has 0 aliphatic carbocycles. The van der Waals surface area contributed by atoms with Gasteiger partial charge in [-0.2, -0.15) is 0 Å². The van der Waals surface area contributed by atoms with E-state index in [1.54, 1.807) is 12.3 Å². The number of likely N-dealkylation sites (tertiary alicyclic amines) is 1. The Morgan fingerprint density at radius 3 is 2.91 bits per heavy atom. The van der Waals surface area contributed by atoms with Crippen molar-refractivity contribution in [2.45, 2.75) is 44.8 Å². The highest BCUT2D eigenvalue weighted by atomic mass is 32.1. The number of carbonyl (C=O) groups excluding carboxylic acids is 1. The number of thiophene rings is 1. The number of carbonyl (C=O) groups is 1. The average molecular weight is 460 g/mol. The number of aliphatic hydroxyl groups excluding tert-OH is 1. The van der Waals surface area contributed by atoms with Gasteiger partial charge < -0.3 is 19.9 Å². The van der Waals surface area contributed by atoms with Gasteiger partial charge in [-0.25, -0.2) is 0 Å². The number of nitrogens with one attached hydrogen (secondary N) is 1. The van der Waals surface area contributed by atoms with E-state index in [1.807, 2.05) is 17.4 Å². The van der Waals surface area contributed by atoms with E-state index in [-0.39, 0.29) is 24.7 Å². The van der Waals surface area contributed by atoms with Gasteiger partial charge in [0.1, 0.15) is 5.69 Å². The molecular weight excluding hydrogens is 426 g/mol. The number of ether oxygens (including phenoxy) is 2. The van der Waals surface area contributed by atoms with Crippen LogP contribution >= 0.6 is 11.3 Å². The lowest BCUT2D eigenvalue weighted by Gasteiger charge is -2.44. The Kier molecular flexibility index (Phi) is 7.91. The van der Waals surface area contributed by atoms with E-state index >= 15 is 0 Å². The van der Waals surface area contributed by atoms with Crippen molar-refractivity contribution in [3.05, 3.63) is 51.0 Å². The van der Waals surface area contributed by atoms with Crippen LogP contribution in [0.4, 0.5) is 0 Å². The first-order chi connectivity index (χ1) is 15.6. The molecule has 0 bridgehead atoms. The number of amides is 1. The zero-order valence-corrected chi connectivity index (χ0v) is 19.6. The first-order valence-corrected chi connectivity index (χ1v) is 12.4. The summed E-state index contributed by atoms with van der Waals surface area (Å²) in [5.41, 5.74) is 2.86. The molecule has 174 valence electrons. The van der Waals surface area contributed by atoms with Crippen molar-refractivity contribution >= 4 is 17.2 Å². The zero-order valence-electron chi connectivity index (χ0n) is 18.8. The summed E-state index contributed by atoms with van der Waals surface area (Å²) in [4.78, 5) is 22.0. The lowest BCUT2D eigenvalue weighted by atomic mass is 9.82. The number of hydrogen-bond donors (Lipinski definition) is 2. The molecule has 0 atom stereocenters. The molecule has 4 rings (SSSR count). The fourth-order valence-corrected chi connectivity index (χ4v) is 5.71. The Morgan fingerprint density at radius 2 is 2.19 bits per heavy atom. The van der Waals surface area contributed by atoms with Gasteiger partial charge in [0, 0.05) is 48.6 Å². The van der Waals surface area contributed by atoms with Crippen molar-refractivity contribution in [3.63, 3.8) is 0 Å². The summed E-state index contributed by atoms with van der Waals surface area (Å²) >= 11 is 1.97. The highest BCUT2D eigenvalue weighted by Crippen LogP contribution is 2.44. The summed E-state index contributed by atoms with van der Waals surface area (Å²) < 4.78 is 11.5. The van der Waals surface area contributed by atoms with E-state index in [2.05, 4.69) is 28.2 Å². The summed E-state index contributed by atoms with van der Waals surface area (Å²) in [6, 6.07) is 6.15. The minimum atomic E-state index is -0.212. The van der Waals surface area contributed by atoms with Crippen LogP contribution in [0, 0.1) is 0 Å². The summed E-state index contributed by atoms with van der Waals surface area (Å²) in [7, 11) is 0. The molecule has 1 fully saturated rings. The predicted octanol–water partition coefficient (Wildman–Crippen LogP) is 2.51. The largest absolute Gasteiger partial charge is 0.394 e. The molecular formula is C24H33N3O4S. The summed E-state index contributed by atoms with van der Waals surface area (Å²) in [5.74, 6) is -0.212. The molecule has 2 aliphatic heterocycles. The Bertz CT molecular complexity index is 891. The second-order valence-electron chi connectivity index (χ2n) is 8.42. The molecule has 1 amide bonds. The Hall–Kier alpha value is -1.84. The summed E-state index contributed by atoms with van der Waals surface area (Å²) in [6.45, 7) is 6.90. The van der Waals surface area contributed by atoms with Crippen LogP contribution in [0.2, 0.25) is 0 Å². The van der Waals surface area contributed by atoms with Gasteiger partial charge >= 0.3 is 0 Å². The van der Waals surface area contributed by atoms with E-state index in [0.717, 1.165) is 57.5 Å². The normalized spacial score (nSPS) is 17.9. The van der Waals surface area contributed by atoms with Crippen LogP contribution in [-0.4, -0.2) is 67.0 Å². The number of pyridine rings is 1. The minimum Gasteiger partial charge on any atom is -0.394 e. The number of aryl methyl sites for hydroxylation is 1. The van der Waals surface area contributed by atoms with E-state index in [9.17, 15) is 4.79 Å². The quantitative estimate of drug-likeness (QED) is 0.561. The van der Waals surface area contributed by atoms with Gasteiger partial charge in [-0.3, -0.25) is 14.7 Å². The Morgan fingerprint density at radius 1 is 1.34 bits per heavy atom. The lowest BCUT2D eigenvalue weighted by Crippen LogP contribution is -2.45. The van der Waals surface area contributed by atoms with Crippen molar-refractivity contribution < 1.29 is 19.4 Å². The second-order valence-corrected chi connectivity index (χ2v) is 9.64. The molecule has 32 heavy (non-hydrogen) atoms. The molecule has 8 heteroatoms. The lowest BCUT2D eigenvalue weighted by molar-refractivity contribution is -0.0981. The molecule has 0 aromatic carbocycles. The molecule has 4 heterocycles.